The van der Waals surface area contributed by atoms with Crippen LogP contribution in [-0.2, 0) is 4.74 Å². The van der Waals surface area contributed by atoms with Crippen molar-refractivity contribution in [3.05, 3.63) is 77.8 Å². The number of nitro groups is 2. The summed E-state index contributed by atoms with van der Waals surface area (Å²) in [5.74, 6) is -2.53. The minimum atomic E-state index is -1.31. The number of carbonyl (C=O) groups is 2. The van der Waals surface area contributed by atoms with Gasteiger partial charge in [-0.25, -0.2) is 9.59 Å². The van der Waals surface area contributed by atoms with Gasteiger partial charge < -0.3 is 4.74 Å². The minimum Gasteiger partial charge on any atom is -0.385 e. The molecule has 0 saturated carbocycles. The van der Waals surface area contributed by atoms with Gasteiger partial charge in [-0.1, -0.05) is 29.3 Å². The lowest BCUT2D eigenvalue weighted by atomic mass is 10.1. The number of hydrogen-bond acceptors (Lipinski definition) is 7. The highest BCUT2D eigenvalue weighted by molar-refractivity contribution is 6.34. The molecule has 0 heterocycles. The highest BCUT2D eigenvalue weighted by Gasteiger charge is 2.27. The van der Waals surface area contributed by atoms with Gasteiger partial charge in [-0.2, -0.15) is 0 Å². The summed E-state index contributed by atoms with van der Waals surface area (Å²) in [5, 5.41) is 21.0. The quantitative estimate of drug-likeness (QED) is 0.339. The average molecular weight is 385 g/mol. The summed E-state index contributed by atoms with van der Waals surface area (Å²) in [7, 11) is 0. The molecule has 0 aliphatic carbocycles. The normalized spacial score (nSPS) is 10.2. The first kappa shape index (κ1) is 18.3. The molecule has 2 aromatic rings. The first-order valence-corrected chi connectivity index (χ1v) is 7.11. The van der Waals surface area contributed by atoms with Crippen molar-refractivity contribution in [1.82, 2.24) is 0 Å². The van der Waals surface area contributed by atoms with Gasteiger partial charge in [0.05, 0.1) is 20.4 Å². The summed E-state index contributed by atoms with van der Waals surface area (Å²) < 4.78 is 4.55. The van der Waals surface area contributed by atoms with Crippen molar-refractivity contribution in [2.24, 2.45) is 0 Å². The molecule has 0 saturated heterocycles. The molecule has 25 heavy (non-hydrogen) atoms. The monoisotopic (exact) mass is 384 g/mol. The third-order valence-corrected chi connectivity index (χ3v) is 3.58. The van der Waals surface area contributed by atoms with E-state index in [1.165, 1.54) is 12.1 Å². The number of carbonyl (C=O) groups excluding carboxylic acids is 2. The van der Waals surface area contributed by atoms with Crippen molar-refractivity contribution in [3.8, 4) is 0 Å². The molecule has 0 aliphatic heterocycles. The van der Waals surface area contributed by atoms with Gasteiger partial charge >= 0.3 is 17.6 Å². The van der Waals surface area contributed by atoms with E-state index in [2.05, 4.69) is 4.74 Å². The minimum absolute atomic E-state index is 0.305. The summed E-state index contributed by atoms with van der Waals surface area (Å²) in [4.78, 5) is 44.1. The van der Waals surface area contributed by atoms with Crippen LogP contribution in [0.3, 0.4) is 0 Å². The van der Waals surface area contributed by atoms with E-state index in [0.717, 1.165) is 24.3 Å². The van der Waals surface area contributed by atoms with Gasteiger partial charge in [0.1, 0.15) is 10.6 Å². The van der Waals surface area contributed by atoms with Gasteiger partial charge in [0, 0.05) is 12.1 Å². The zero-order valence-corrected chi connectivity index (χ0v) is 13.5. The average Bonchev–Trinajstić information content (AvgIpc) is 2.53. The molecule has 0 bridgehead atoms. The summed E-state index contributed by atoms with van der Waals surface area (Å²) in [6.07, 6.45) is 0. The summed E-state index contributed by atoms with van der Waals surface area (Å²) in [5.41, 5.74) is -1.91. The number of para-hydroxylation sites is 1. The molecule has 2 aromatic carbocycles. The Hall–Kier alpha value is -3.04. The standard InChI is InChI=1S/C14H6Cl2N2O7/c15-10-3-1-2-9(12(10)18(23)24)14(20)25-13(19)8-5-4-7(17(21)22)6-11(8)16/h1-6H. The SMILES string of the molecule is O=C(OC(=O)c1cccc(Cl)c1[N+](=O)[O-])c1ccc([N+](=O)[O-])cc1Cl. The zero-order valence-electron chi connectivity index (χ0n) is 12.0. The zero-order chi connectivity index (χ0) is 18.7. The highest BCUT2D eigenvalue weighted by atomic mass is 35.5. The summed E-state index contributed by atoms with van der Waals surface area (Å²) in [6.45, 7) is 0. The highest BCUT2D eigenvalue weighted by Crippen LogP contribution is 2.29. The number of non-ortho nitro benzene ring substituents is 1. The van der Waals surface area contributed by atoms with Crippen molar-refractivity contribution in [2.45, 2.75) is 0 Å². The van der Waals surface area contributed by atoms with Crippen molar-refractivity contribution >= 4 is 46.5 Å². The van der Waals surface area contributed by atoms with Gasteiger partial charge in [-0.15, -0.1) is 0 Å². The maximum atomic E-state index is 12.0. The Kier molecular flexibility index (Phi) is 5.30. The van der Waals surface area contributed by atoms with Crippen LogP contribution in [0.5, 0.6) is 0 Å². The fourth-order valence-corrected chi connectivity index (χ4v) is 2.34. The van der Waals surface area contributed by atoms with Crippen LogP contribution in [0, 0.1) is 20.2 Å². The van der Waals surface area contributed by atoms with Gasteiger partial charge in [0.2, 0.25) is 0 Å². The largest absolute Gasteiger partial charge is 0.385 e. The molecule has 0 N–H and O–H groups in total. The number of benzene rings is 2. The topological polar surface area (TPSA) is 130 Å². The van der Waals surface area contributed by atoms with E-state index in [9.17, 15) is 29.8 Å². The maximum Gasteiger partial charge on any atom is 0.353 e. The van der Waals surface area contributed by atoms with E-state index in [0.29, 0.717) is 0 Å². The van der Waals surface area contributed by atoms with Crippen LogP contribution in [0.25, 0.3) is 0 Å². The first-order valence-electron chi connectivity index (χ1n) is 6.35. The molecule has 128 valence electrons. The fraction of sp³-hybridized carbons (Fsp3) is 0. The molecule has 0 amide bonds. The lowest BCUT2D eigenvalue weighted by Crippen LogP contribution is -2.15. The van der Waals surface area contributed by atoms with Crippen LogP contribution < -0.4 is 0 Å². The Bertz CT molecular complexity index is 914. The van der Waals surface area contributed by atoms with E-state index >= 15 is 0 Å². The van der Waals surface area contributed by atoms with Crippen molar-refractivity contribution < 1.29 is 24.2 Å². The third-order valence-electron chi connectivity index (χ3n) is 2.96. The number of hydrogen-bond donors (Lipinski definition) is 0. The Labute approximate surface area is 149 Å². The molecule has 0 spiro atoms. The number of halogens is 2. The summed E-state index contributed by atoms with van der Waals surface area (Å²) in [6, 6.07) is 6.44. The first-order chi connectivity index (χ1) is 11.7. The number of esters is 2. The van der Waals surface area contributed by atoms with Crippen LogP contribution in [0.15, 0.2) is 36.4 Å². The van der Waals surface area contributed by atoms with Crippen molar-refractivity contribution in [2.75, 3.05) is 0 Å². The lowest BCUT2D eigenvalue weighted by Gasteiger charge is -2.06. The Morgan fingerprint density at radius 2 is 1.52 bits per heavy atom. The molecule has 0 aliphatic rings. The number of rotatable bonds is 4. The molecule has 2 rings (SSSR count). The van der Waals surface area contributed by atoms with Gasteiger partial charge in [0.25, 0.3) is 5.69 Å². The predicted molar refractivity (Wildman–Crippen MR) is 86.0 cm³/mol. The Morgan fingerprint density at radius 1 is 0.880 bits per heavy atom. The molecule has 0 atom stereocenters. The number of nitrogens with zero attached hydrogens (tertiary/aromatic N) is 2. The Morgan fingerprint density at radius 3 is 2.08 bits per heavy atom. The number of nitro benzene ring substituents is 2. The van der Waals surface area contributed by atoms with E-state index in [1.807, 2.05) is 0 Å². The van der Waals surface area contributed by atoms with E-state index in [1.54, 1.807) is 0 Å². The van der Waals surface area contributed by atoms with E-state index < -0.39 is 33.0 Å². The molecule has 0 fully saturated rings. The number of ether oxygens (including phenoxy) is 1. The fourth-order valence-electron chi connectivity index (χ4n) is 1.84. The van der Waals surface area contributed by atoms with Gasteiger partial charge in [0.15, 0.2) is 0 Å². The van der Waals surface area contributed by atoms with Crippen molar-refractivity contribution in [1.29, 1.82) is 0 Å². The maximum absolute atomic E-state index is 12.0. The molecule has 11 heteroatoms. The second kappa shape index (κ2) is 7.24. The Balaban J connectivity index is 2.30. The smallest absolute Gasteiger partial charge is 0.353 e. The van der Waals surface area contributed by atoms with Crippen LogP contribution >= 0.6 is 23.2 Å². The van der Waals surface area contributed by atoms with E-state index in [-0.39, 0.29) is 21.3 Å². The van der Waals surface area contributed by atoms with Gasteiger partial charge in [-0.05, 0) is 18.2 Å². The molecular weight excluding hydrogens is 379 g/mol. The lowest BCUT2D eigenvalue weighted by molar-refractivity contribution is -0.385. The van der Waals surface area contributed by atoms with E-state index in [4.69, 9.17) is 23.2 Å². The van der Waals surface area contributed by atoms with Crippen LogP contribution in [0.4, 0.5) is 11.4 Å². The van der Waals surface area contributed by atoms with Crippen LogP contribution in [0.1, 0.15) is 20.7 Å². The second-order valence-corrected chi connectivity index (χ2v) is 5.31. The molecular formula is C14H6Cl2N2O7. The summed E-state index contributed by atoms with van der Waals surface area (Å²) >= 11 is 11.4. The van der Waals surface area contributed by atoms with Crippen LogP contribution in [0.2, 0.25) is 10.0 Å². The molecule has 0 unspecified atom stereocenters. The molecule has 0 radical (unpaired) electrons. The molecule has 0 aromatic heterocycles. The van der Waals surface area contributed by atoms with Gasteiger partial charge in [-0.3, -0.25) is 20.2 Å². The third kappa shape index (κ3) is 3.90. The predicted octanol–water partition coefficient (Wildman–Crippen LogP) is 3.81. The van der Waals surface area contributed by atoms with Crippen molar-refractivity contribution in [3.63, 3.8) is 0 Å². The molecule has 9 nitrogen and oxygen atoms in total. The second-order valence-electron chi connectivity index (χ2n) is 4.49. The van der Waals surface area contributed by atoms with Crippen LogP contribution in [-0.4, -0.2) is 21.8 Å².